The van der Waals surface area contributed by atoms with Crippen molar-refractivity contribution in [3.8, 4) is 11.5 Å². The van der Waals surface area contributed by atoms with Crippen LogP contribution in [-0.2, 0) is 31.9 Å². The number of aromatic hydroxyl groups is 1. The lowest BCUT2D eigenvalue weighted by atomic mass is 10.1. The number of phenols is 1. The highest BCUT2D eigenvalue weighted by Crippen LogP contribution is 2.18. The molecule has 1 aliphatic rings. The molecule has 1 N–H and O–H groups in total. The molecule has 0 amide bonds. The fraction of sp³-hybridized carbons (Fsp3) is 0.391. The lowest BCUT2D eigenvalue weighted by molar-refractivity contribution is -0.140. The Kier molecular flexibility index (Phi) is 9.15. The standard InChI is InChI=1S/C14H19NO3.C9H10O3/c1-15-8-7-13(10-15)18-12-5-3-11(4-6-12)9-14(16)17-2;1-12-9(11)6-7-2-4-8(10)5-3-7/h3-6,13H,7-10H2,1-2H3;2-5,10H,6H2,1H3. The second-order valence-corrected chi connectivity index (χ2v) is 7.11. The number of esters is 2. The lowest BCUT2D eigenvalue weighted by Crippen LogP contribution is -2.21. The summed E-state index contributed by atoms with van der Waals surface area (Å²) >= 11 is 0. The quantitative estimate of drug-likeness (QED) is 0.726. The average molecular weight is 415 g/mol. The molecule has 1 saturated heterocycles. The summed E-state index contributed by atoms with van der Waals surface area (Å²) in [5.41, 5.74) is 1.78. The minimum absolute atomic E-state index is 0.198. The van der Waals surface area contributed by atoms with Gasteiger partial charge >= 0.3 is 11.9 Å². The number of hydrogen-bond donors (Lipinski definition) is 1. The predicted molar refractivity (Wildman–Crippen MR) is 113 cm³/mol. The molecule has 0 aliphatic carbocycles. The number of nitrogens with zero attached hydrogens (tertiary/aromatic N) is 1. The molecule has 1 unspecified atom stereocenters. The minimum Gasteiger partial charge on any atom is -0.508 e. The van der Waals surface area contributed by atoms with Gasteiger partial charge in [0.1, 0.15) is 17.6 Å². The molecule has 30 heavy (non-hydrogen) atoms. The van der Waals surface area contributed by atoms with E-state index in [1.807, 2.05) is 24.3 Å². The Morgan fingerprint density at radius 2 is 1.43 bits per heavy atom. The second kappa shape index (κ2) is 11.8. The number of methoxy groups -OCH3 is 2. The van der Waals surface area contributed by atoms with Crippen LogP contribution in [0.4, 0.5) is 0 Å². The Hall–Kier alpha value is -3.06. The number of ether oxygens (including phenoxy) is 3. The minimum atomic E-state index is -0.277. The van der Waals surface area contributed by atoms with E-state index in [1.165, 1.54) is 26.4 Å². The van der Waals surface area contributed by atoms with Crippen molar-refractivity contribution in [1.29, 1.82) is 0 Å². The maximum absolute atomic E-state index is 11.1. The van der Waals surface area contributed by atoms with Crippen LogP contribution in [0.1, 0.15) is 17.5 Å². The van der Waals surface area contributed by atoms with Crippen LogP contribution < -0.4 is 4.74 Å². The smallest absolute Gasteiger partial charge is 0.309 e. The van der Waals surface area contributed by atoms with E-state index in [2.05, 4.69) is 21.4 Å². The summed E-state index contributed by atoms with van der Waals surface area (Å²) in [4.78, 5) is 24.2. The normalized spacial score (nSPS) is 15.6. The first-order valence-corrected chi connectivity index (χ1v) is 9.75. The van der Waals surface area contributed by atoms with Crippen LogP contribution in [0.2, 0.25) is 0 Å². The van der Waals surface area contributed by atoms with Gasteiger partial charge in [0.15, 0.2) is 0 Å². The number of hydrogen-bond acceptors (Lipinski definition) is 7. The molecule has 0 saturated carbocycles. The van der Waals surface area contributed by atoms with Crippen molar-refractivity contribution >= 4 is 11.9 Å². The first-order chi connectivity index (χ1) is 14.4. The van der Waals surface area contributed by atoms with Crippen molar-refractivity contribution in [3.63, 3.8) is 0 Å². The largest absolute Gasteiger partial charge is 0.508 e. The molecule has 0 bridgehead atoms. The van der Waals surface area contributed by atoms with Crippen molar-refractivity contribution in [2.45, 2.75) is 25.4 Å². The second-order valence-electron chi connectivity index (χ2n) is 7.11. The number of rotatable bonds is 6. The van der Waals surface area contributed by atoms with E-state index in [-0.39, 0.29) is 30.2 Å². The molecule has 0 spiro atoms. The Morgan fingerprint density at radius 3 is 1.87 bits per heavy atom. The number of benzene rings is 2. The van der Waals surface area contributed by atoms with Gasteiger partial charge in [0.2, 0.25) is 0 Å². The summed E-state index contributed by atoms with van der Waals surface area (Å²) in [5.74, 6) is 0.564. The van der Waals surface area contributed by atoms with Crippen molar-refractivity contribution in [3.05, 3.63) is 59.7 Å². The lowest BCUT2D eigenvalue weighted by Gasteiger charge is -2.13. The van der Waals surface area contributed by atoms with Crippen LogP contribution in [0.15, 0.2) is 48.5 Å². The third kappa shape index (κ3) is 8.13. The first-order valence-electron chi connectivity index (χ1n) is 9.75. The van der Waals surface area contributed by atoms with Gasteiger partial charge in [-0.15, -0.1) is 0 Å². The molecule has 1 atom stereocenters. The summed E-state index contributed by atoms with van der Waals surface area (Å²) in [7, 11) is 4.85. The highest BCUT2D eigenvalue weighted by Gasteiger charge is 2.20. The highest BCUT2D eigenvalue weighted by atomic mass is 16.5. The zero-order valence-electron chi connectivity index (χ0n) is 17.7. The van der Waals surface area contributed by atoms with Gasteiger partial charge in [0.05, 0.1) is 27.1 Å². The van der Waals surface area contributed by atoms with Crippen LogP contribution in [0.25, 0.3) is 0 Å². The predicted octanol–water partition coefficient (Wildman–Crippen LogP) is 2.59. The number of likely N-dealkylation sites (N-methyl/N-ethyl adjacent to an activating group) is 1. The molecule has 2 aromatic rings. The van der Waals surface area contributed by atoms with Crippen LogP contribution in [-0.4, -0.2) is 62.4 Å². The van der Waals surface area contributed by atoms with Gasteiger partial charge in [-0.3, -0.25) is 9.59 Å². The van der Waals surface area contributed by atoms with Crippen molar-refractivity contribution in [2.75, 3.05) is 34.4 Å². The van der Waals surface area contributed by atoms with E-state index < -0.39 is 0 Å². The van der Waals surface area contributed by atoms with Crippen LogP contribution in [0.5, 0.6) is 11.5 Å². The van der Waals surface area contributed by atoms with Gasteiger partial charge in [-0.1, -0.05) is 24.3 Å². The average Bonchev–Trinajstić information content (AvgIpc) is 3.16. The third-order valence-electron chi connectivity index (χ3n) is 4.66. The summed E-state index contributed by atoms with van der Waals surface area (Å²) in [6, 6.07) is 14.1. The molecule has 3 rings (SSSR count). The highest BCUT2D eigenvalue weighted by molar-refractivity contribution is 5.72. The Morgan fingerprint density at radius 1 is 0.933 bits per heavy atom. The summed E-state index contributed by atoms with van der Waals surface area (Å²) < 4.78 is 15.0. The Labute approximate surface area is 177 Å². The number of carbonyl (C=O) groups is 2. The zero-order chi connectivity index (χ0) is 21.9. The summed E-state index contributed by atoms with van der Waals surface area (Å²) in [6.07, 6.45) is 1.90. The van der Waals surface area contributed by atoms with E-state index >= 15 is 0 Å². The van der Waals surface area contributed by atoms with E-state index in [0.717, 1.165) is 36.4 Å². The molecule has 0 radical (unpaired) electrons. The van der Waals surface area contributed by atoms with Crippen molar-refractivity contribution in [2.24, 2.45) is 0 Å². The van der Waals surface area contributed by atoms with Gasteiger partial charge < -0.3 is 24.2 Å². The van der Waals surface area contributed by atoms with Gasteiger partial charge in [-0.05, 0) is 48.9 Å². The van der Waals surface area contributed by atoms with E-state index in [9.17, 15) is 9.59 Å². The monoisotopic (exact) mass is 415 g/mol. The molecule has 7 nitrogen and oxygen atoms in total. The molecular weight excluding hydrogens is 386 g/mol. The van der Waals surface area contributed by atoms with Crippen LogP contribution >= 0.6 is 0 Å². The molecular formula is C23H29NO6. The third-order valence-corrected chi connectivity index (χ3v) is 4.66. The summed E-state index contributed by atoms with van der Waals surface area (Å²) in [5, 5.41) is 8.93. The number of phenolic OH excluding ortho intramolecular Hbond substituents is 1. The topological polar surface area (TPSA) is 85.3 Å². The van der Waals surface area contributed by atoms with E-state index in [1.54, 1.807) is 12.1 Å². The van der Waals surface area contributed by atoms with E-state index in [4.69, 9.17) is 9.84 Å². The molecule has 7 heteroatoms. The van der Waals surface area contributed by atoms with Gasteiger partial charge in [-0.2, -0.15) is 0 Å². The molecule has 162 valence electrons. The van der Waals surface area contributed by atoms with E-state index in [0.29, 0.717) is 6.42 Å². The Balaban J connectivity index is 0.000000232. The molecule has 1 heterocycles. The molecule has 1 fully saturated rings. The van der Waals surface area contributed by atoms with Gasteiger partial charge in [-0.25, -0.2) is 0 Å². The van der Waals surface area contributed by atoms with Gasteiger partial charge in [0.25, 0.3) is 0 Å². The van der Waals surface area contributed by atoms with Gasteiger partial charge in [0, 0.05) is 13.1 Å². The zero-order valence-corrected chi connectivity index (χ0v) is 17.7. The fourth-order valence-electron chi connectivity index (χ4n) is 2.96. The van der Waals surface area contributed by atoms with Crippen LogP contribution in [0.3, 0.4) is 0 Å². The fourth-order valence-corrected chi connectivity index (χ4v) is 2.96. The molecule has 2 aromatic carbocycles. The number of carbonyl (C=O) groups excluding carboxylic acids is 2. The van der Waals surface area contributed by atoms with Crippen molar-refractivity contribution < 1.29 is 28.9 Å². The maximum atomic E-state index is 11.1. The summed E-state index contributed by atoms with van der Waals surface area (Å²) in [6.45, 7) is 2.06. The molecule has 0 aromatic heterocycles. The SMILES string of the molecule is COC(=O)Cc1ccc(O)cc1.COC(=O)Cc1ccc(OC2CCN(C)C2)cc1. The molecule has 1 aliphatic heterocycles. The van der Waals surface area contributed by atoms with Crippen LogP contribution in [0, 0.1) is 0 Å². The number of likely N-dealkylation sites (tertiary alicyclic amines) is 1. The maximum Gasteiger partial charge on any atom is 0.309 e. The Bertz CT molecular complexity index is 803. The van der Waals surface area contributed by atoms with Crippen molar-refractivity contribution in [1.82, 2.24) is 4.90 Å². The first kappa shape index (κ1) is 23.2.